The van der Waals surface area contributed by atoms with Crippen LogP contribution in [0.4, 0.5) is 0 Å². The number of rotatable bonds is 0. The SMILES string of the molecule is [Ag].[BaH2].[Nd].[Pr]. The van der Waals surface area contributed by atoms with Crippen LogP contribution in [0.25, 0.3) is 0 Å². The van der Waals surface area contributed by atoms with Gasteiger partial charge in [-0.15, -0.1) is 0 Å². The zero-order chi connectivity index (χ0) is 0. The summed E-state index contributed by atoms with van der Waals surface area (Å²) in [5, 5.41) is 0. The molecule has 0 saturated heterocycles. The van der Waals surface area contributed by atoms with Gasteiger partial charge in [-0.2, -0.15) is 0 Å². The second kappa shape index (κ2) is 15.7. The van der Waals surface area contributed by atoms with E-state index in [2.05, 4.69) is 0 Å². The first-order valence-electron chi connectivity index (χ1n) is 0. The Morgan fingerprint density at radius 3 is 1.00 bits per heavy atom. The zero-order valence-electron chi connectivity index (χ0n) is 1.38. The Labute approximate surface area is 148 Å². The molecule has 0 atom stereocenters. The number of hydrogen-bond acceptors (Lipinski definition) is 0. The molecule has 0 aliphatic rings. The average Bonchev–Trinajstić information content (AvgIpc) is 0. The Balaban J connectivity index is 0. The fourth-order valence-corrected chi connectivity index (χ4v) is 0. The van der Waals surface area contributed by atoms with Gasteiger partial charge in [-0.05, 0) is 0 Å². The second-order valence-electron chi connectivity index (χ2n) is 0. The van der Waals surface area contributed by atoms with E-state index in [9.17, 15) is 0 Å². The summed E-state index contributed by atoms with van der Waals surface area (Å²) in [7, 11) is 0. The van der Waals surface area contributed by atoms with Gasteiger partial charge in [0.2, 0.25) is 0 Å². The first kappa shape index (κ1) is 23.0. The van der Waals surface area contributed by atoms with Crippen LogP contribution in [0.5, 0.6) is 0 Å². The molecule has 2 radical (unpaired) electrons. The van der Waals surface area contributed by atoms with Crippen LogP contribution >= 0.6 is 0 Å². The van der Waals surface area contributed by atoms with Crippen molar-refractivity contribution in [3.63, 3.8) is 0 Å². The average molecular weight is 532 g/mol. The van der Waals surface area contributed by atoms with Crippen LogP contribution in [0.3, 0.4) is 0 Å². The normalized spacial score (nSPS) is 0. The van der Waals surface area contributed by atoms with Crippen LogP contribution in [0, 0.1) is 82.1 Å². The molecule has 0 aromatic heterocycles. The summed E-state index contributed by atoms with van der Waals surface area (Å²) in [4.78, 5) is 0. The summed E-state index contributed by atoms with van der Waals surface area (Å²) >= 11 is 0. The molecule has 4 heavy (non-hydrogen) atoms. The zero-order valence-corrected chi connectivity index (χ0v) is 9.77. The van der Waals surface area contributed by atoms with E-state index < -0.39 is 0 Å². The van der Waals surface area contributed by atoms with Gasteiger partial charge < -0.3 is 0 Å². The molecule has 0 aromatic rings. The minimum absolute atomic E-state index is 0. The Morgan fingerprint density at radius 2 is 1.00 bits per heavy atom. The maximum atomic E-state index is 0. The minimum atomic E-state index is 0. The molecule has 0 aliphatic heterocycles. The summed E-state index contributed by atoms with van der Waals surface area (Å²) in [6.45, 7) is 0. The summed E-state index contributed by atoms with van der Waals surface area (Å²) in [6.07, 6.45) is 0. The fraction of sp³-hybridized carbons (Fsp3) is 0. The largest absolute Gasteiger partial charge is 0 e. The Bertz CT molecular complexity index is 8.00. The van der Waals surface area contributed by atoms with Crippen LogP contribution in [0.15, 0.2) is 0 Å². The van der Waals surface area contributed by atoms with E-state index >= 15 is 0 Å². The second-order valence-corrected chi connectivity index (χ2v) is 0. The molecule has 22 valence electrons. The van der Waals surface area contributed by atoms with Crippen molar-refractivity contribution in [1.29, 1.82) is 0 Å². The molecule has 0 heterocycles. The standard InChI is InChI=1S/Ag.Ba.Nd.Pr.2H. The molecule has 0 rings (SSSR count). The van der Waals surface area contributed by atoms with Crippen LogP contribution in [-0.4, -0.2) is 48.9 Å². The predicted molar refractivity (Wildman–Crippen MR) is 8.54 cm³/mol. The van der Waals surface area contributed by atoms with Gasteiger partial charge in [0.15, 0.2) is 0 Å². The van der Waals surface area contributed by atoms with Crippen LogP contribution in [-0.2, 0) is 22.4 Å². The maximum absolute atomic E-state index is 0. The van der Waals surface area contributed by atoms with Crippen molar-refractivity contribution < 1.29 is 105 Å². The van der Waals surface area contributed by atoms with Gasteiger partial charge in [-0.3, -0.25) is 0 Å². The van der Waals surface area contributed by atoms with Gasteiger partial charge in [0.25, 0.3) is 0 Å². The molecular weight excluding hydrogens is 530 g/mol. The molecule has 0 nitrogen and oxygen atoms in total. The molecule has 0 aliphatic carbocycles. The molecule has 0 saturated carbocycles. The number of hydrogen-bond donors (Lipinski definition) is 0. The molecule has 0 spiro atoms. The Hall–Kier alpha value is 5.03. The van der Waals surface area contributed by atoms with Crippen LogP contribution in [0.2, 0.25) is 0 Å². The van der Waals surface area contributed by atoms with Crippen molar-refractivity contribution in [2.24, 2.45) is 0 Å². The molecule has 0 aromatic carbocycles. The van der Waals surface area contributed by atoms with Gasteiger partial charge >= 0.3 is 48.9 Å². The van der Waals surface area contributed by atoms with Gasteiger partial charge in [-0.25, -0.2) is 0 Å². The molecule has 0 fully saturated rings. The minimum Gasteiger partial charge on any atom is 0 e. The smallest absolute Gasteiger partial charge is 0 e. The van der Waals surface area contributed by atoms with Crippen LogP contribution < -0.4 is 0 Å². The molecule has 0 amide bonds. The first-order chi connectivity index (χ1) is 0. The van der Waals surface area contributed by atoms with Crippen molar-refractivity contribution in [2.45, 2.75) is 0 Å². The van der Waals surface area contributed by atoms with E-state index in [1.54, 1.807) is 0 Å². The van der Waals surface area contributed by atoms with E-state index in [4.69, 9.17) is 0 Å². The van der Waals surface area contributed by atoms with Crippen molar-refractivity contribution in [3.05, 3.63) is 0 Å². The van der Waals surface area contributed by atoms with Crippen molar-refractivity contribution in [3.8, 4) is 0 Å². The molecular formula is H2AgBaNdPr. The van der Waals surface area contributed by atoms with Crippen molar-refractivity contribution >= 4 is 48.9 Å². The predicted octanol–water partition coefficient (Wildman–Crippen LogP) is -0.919. The Morgan fingerprint density at radius 1 is 1.00 bits per heavy atom. The summed E-state index contributed by atoms with van der Waals surface area (Å²) in [6, 6.07) is 0. The first-order valence-corrected chi connectivity index (χ1v) is 0. The van der Waals surface area contributed by atoms with Gasteiger partial charge in [0.1, 0.15) is 0 Å². The van der Waals surface area contributed by atoms with E-state index in [-0.39, 0.29) is 153 Å². The van der Waals surface area contributed by atoms with Crippen molar-refractivity contribution in [1.82, 2.24) is 0 Å². The third-order valence-corrected chi connectivity index (χ3v) is 0. The van der Waals surface area contributed by atoms with E-state index in [0.717, 1.165) is 0 Å². The summed E-state index contributed by atoms with van der Waals surface area (Å²) in [5.74, 6) is 0. The maximum Gasteiger partial charge on any atom is 0 e. The van der Waals surface area contributed by atoms with Crippen LogP contribution in [0.1, 0.15) is 0 Å². The molecule has 4 heteroatoms. The van der Waals surface area contributed by atoms with Gasteiger partial charge in [0.05, 0.1) is 0 Å². The quantitative estimate of drug-likeness (QED) is 0.355. The summed E-state index contributed by atoms with van der Waals surface area (Å²) < 4.78 is 0. The molecule has 0 unspecified atom stereocenters. The van der Waals surface area contributed by atoms with E-state index in [1.165, 1.54) is 0 Å². The topological polar surface area (TPSA) is 0 Å². The third kappa shape index (κ3) is 10.1. The summed E-state index contributed by atoms with van der Waals surface area (Å²) in [5.41, 5.74) is 0. The molecule has 0 N–H and O–H groups in total. The van der Waals surface area contributed by atoms with Crippen molar-refractivity contribution in [2.75, 3.05) is 0 Å². The fourth-order valence-electron chi connectivity index (χ4n) is 0. The van der Waals surface area contributed by atoms with Gasteiger partial charge in [-0.1, -0.05) is 0 Å². The third-order valence-electron chi connectivity index (χ3n) is 0. The van der Waals surface area contributed by atoms with E-state index in [0.29, 0.717) is 0 Å². The monoisotopic (exact) mass is 530 g/mol. The van der Waals surface area contributed by atoms with Gasteiger partial charge in [0, 0.05) is 105 Å². The Kier molecular flexibility index (Phi) is 90.3. The molecule has 0 bridgehead atoms. The van der Waals surface area contributed by atoms with E-state index in [1.807, 2.05) is 0 Å².